The second-order valence-corrected chi connectivity index (χ2v) is 9.64. The lowest BCUT2D eigenvalue weighted by Crippen LogP contribution is -2.72. The van der Waals surface area contributed by atoms with Crippen LogP contribution in [-0.4, -0.2) is 80.3 Å². The van der Waals surface area contributed by atoms with E-state index >= 15 is 0 Å². The summed E-state index contributed by atoms with van der Waals surface area (Å²) in [6.45, 7) is 5.31. The average molecular weight is 470 g/mol. The standard InChI is InChI=1S/C17H25FN2O3S.C2HF3O2/c1-3-23-11-14-7-8-19(2)17(10-14)12-20(13-17)24(21,22)16-6-4-5-15(18)9-16;3-2(4,5)1(6)7/h4-6,9,14H,3,7-8,10-13H2,1-2H3;(H,6,7). The molecule has 3 rings (SSSR count). The van der Waals surface area contributed by atoms with Gasteiger partial charge in [-0.05, 0) is 57.5 Å². The van der Waals surface area contributed by atoms with Gasteiger partial charge in [-0.15, -0.1) is 0 Å². The molecule has 1 aromatic rings. The van der Waals surface area contributed by atoms with Crippen LogP contribution in [0.1, 0.15) is 19.8 Å². The number of hydrogen-bond donors (Lipinski definition) is 1. The Kier molecular flexibility index (Phi) is 8.06. The minimum absolute atomic E-state index is 0.0293. The molecule has 0 aliphatic carbocycles. The summed E-state index contributed by atoms with van der Waals surface area (Å²) in [6.07, 6.45) is -3.06. The summed E-state index contributed by atoms with van der Waals surface area (Å²) in [5.74, 6) is -2.81. The molecule has 0 amide bonds. The lowest BCUT2D eigenvalue weighted by Gasteiger charge is -2.57. The number of hydrogen-bond acceptors (Lipinski definition) is 5. The summed E-state index contributed by atoms with van der Waals surface area (Å²) in [7, 11) is -1.56. The first-order chi connectivity index (χ1) is 14.3. The van der Waals surface area contributed by atoms with Crippen LogP contribution in [0.3, 0.4) is 0 Å². The van der Waals surface area contributed by atoms with Crippen molar-refractivity contribution in [1.29, 1.82) is 0 Å². The Morgan fingerprint density at radius 3 is 2.45 bits per heavy atom. The Morgan fingerprint density at radius 2 is 1.94 bits per heavy atom. The number of alkyl halides is 3. The zero-order chi connectivity index (χ0) is 23.4. The normalized spacial score (nSPS) is 21.8. The van der Waals surface area contributed by atoms with Crippen LogP contribution in [0.2, 0.25) is 0 Å². The number of aliphatic carboxylic acids is 1. The van der Waals surface area contributed by atoms with E-state index in [0.29, 0.717) is 25.6 Å². The summed E-state index contributed by atoms with van der Waals surface area (Å²) in [5.41, 5.74) is -0.111. The molecule has 1 unspecified atom stereocenters. The van der Waals surface area contributed by atoms with E-state index in [1.807, 2.05) is 6.92 Å². The van der Waals surface area contributed by atoms with Crippen molar-refractivity contribution in [3.63, 3.8) is 0 Å². The molecule has 2 aliphatic heterocycles. The molecule has 2 fully saturated rings. The van der Waals surface area contributed by atoms with Crippen molar-refractivity contribution in [1.82, 2.24) is 9.21 Å². The first kappa shape index (κ1) is 25.5. The number of nitrogens with zero attached hydrogens (tertiary/aromatic N) is 2. The molecular weight excluding hydrogens is 444 g/mol. The van der Waals surface area contributed by atoms with Gasteiger partial charge in [0.05, 0.1) is 4.90 Å². The number of benzene rings is 1. The fraction of sp³-hybridized carbons (Fsp3) is 0.632. The van der Waals surface area contributed by atoms with E-state index in [9.17, 15) is 26.0 Å². The van der Waals surface area contributed by atoms with Gasteiger partial charge in [-0.2, -0.15) is 17.5 Å². The van der Waals surface area contributed by atoms with E-state index < -0.39 is 28.0 Å². The molecule has 1 N–H and O–H groups in total. The minimum atomic E-state index is -5.08. The zero-order valence-electron chi connectivity index (χ0n) is 17.2. The topological polar surface area (TPSA) is 87.2 Å². The average Bonchev–Trinajstić information content (AvgIpc) is 2.65. The largest absolute Gasteiger partial charge is 0.490 e. The fourth-order valence-electron chi connectivity index (χ4n) is 3.76. The van der Waals surface area contributed by atoms with E-state index in [2.05, 4.69) is 11.9 Å². The van der Waals surface area contributed by atoms with Crippen molar-refractivity contribution in [2.45, 2.75) is 36.4 Å². The van der Waals surface area contributed by atoms with Crippen LogP contribution >= 0.6 is 0 Å². The number of carboxylic acids is 1. The molecule has 0 radical (unpaired) electrons. The molecule has 2 saturated heterocycles. The number of likely N-dealkylation sites (N-methyl/N-ethyl adjacent to an activating group) is 1. The molecule has 1 atom stereocenters. The van der Waals surface area contributed by atoms with Gasteiger partial charge in [0.25, 0.3) is 0 Å². The maximum Gasteiger partial charge on any atom is 0.490 e. The van der Waals surface area contributed by atoms with Gasteiger partial charge in [0.2, 0.25) is 10.0 Å². The number of halogens is 4. The smallest absolute Gasteiger partial charge is 0.475 e. The molecule has 2 aliphatic rings. The summed E-state index contributed by atoms with van der Waals surface area (Å²) < 4.78 is 77.4. The molecule has 176 valence electrons. The van der Waals surface area contributed by atoms with Crippen molar-refractivity contribution >= 4 is 16.0 Å². The molecule has 1 spiro atoms. The van der Waals surface area contributed by atoms with Crippen LogP contribution in [-0.2, 0) is 19.6 Å². The van der Waals surface area contributed by atoms with Gasteiger partial charge >= 0.3 is 12.1 Å². The highest BCUT2D eigenvalue weighted by atomic mass is 32.2. The summed E-state index contributed by atoms with van der Waals surface area (Å²) >= 11 is 0. The van der Waals surface area contributed by atoms with Crippen LogP contribution in [0.4, 0.5) is 17.6 Å². The van der Waals surface area contributed by atoms with E-state index in [-0.39, 0.29) is 10.4 Å². The van der Waals surface area contributed by atoms with Crippen LogP contribution in [0.15, 0.2) is 29.2 Å². The number of rotatable bonds is 5. The number of likely N-dealkylation sites (tertiary alicyclic amines) is 1. The number of carbonyl (C=O) groups is 1. The van der Waals surface area contributed by atoms with Crippen molar-refractivity contribution in [3.8, 4) is 0 Å². The number of sulfonamides is 1. The van der Waals surface area contributed by atoms with E-state index in [0.717, 1.165) is 32.1 Å². The predicted octanol–water partition coefficient (Wildman–Crippen LogP) is 2.58. The van der Waals surface area contributed by atoms with Crippen molar-refractivity contribution in [2.75, 3.05) is 39.9 Å². The molecule has 7 nitrogen and oxygen atoms in total. The van der Waals surface area contributed by atoms with E-state index in [1.54, 1.807) is 0 Å². The molecule has 2 heterocycles. The molecule has 0 bridgehead atoms. The SMILES string of the molecule is CCOCC1CCN(C)C2(C1)CN(S(=O)(=O)c1cccc(F)c1)C2.O=C(O)C(F)(F)F. The fourth-order valence-corrected chi connectivity index (χ4v) is 5.39. The second-order valence-electron chi connectivity index (χ2n) is 7.70. The first-order valence-electron chi connectivity index (χ1n) is 9.66. The zero-order valence-corrected chi connectivity index (χ0v) is 18.0. The third kappa shape index (κ3) is 6.15. The Hall–Kier alpha value is -1.76. The van der Waals surface area contributed by atoms with Crippen molar-refractivity contribution in [3.05, 3.63) is 30.1 Å². The Bertz CT molecular complexity index is 870. The summed E-state index contributed by atoms with van der Waals surface area (Å²) in [5, 5.41) is 7.12. The van der Waals surface area contributed by atoms with Gasteiger partial charge in [-0.1, -0.05) is 6.07 Å². The van der Waals surface area contributed by atoms with Crippen LogP contribution in [0.5, 0.6) is 0 Å². The van der Waals surface area contributed by atoms with Gasteiger partial charge < -0.3 is 9.84 Å². The molecular formula is C19H26F4N2O5S. The van der Waals surface area contributed by atoms with Gasteiger partial charge in [-0.25, -0.2) is 17.6 Å². The molecule has 12 heteroatoms. The quantitative estimate of drug-likeness (QED) is 0.666. The van der Waals surface area contributed by atoms with Gasteiger partial charge in [0.1, 0.15) is 5.82 Å². The van der Waals surface area contributed by atoms with Gasteiger partial charge in [0.15, 0.2) is 0 Å². The number of carboxylic acid groups (broad SMARTS) is 1. The van der Waals surface area contributed by atoms with E-state index in [1.165, 1.54) is 22.5 Å². The highest BCUT2D eigenvalue weighted by Crippen LogP contribution is 2.40. The third-order valence-corrected chi connectivity index (χ3v) is 7.31. The Morgan fingerprint density at radius 1 is 1.32 bits per heavy atom. The van der Waals surface area contributed by atoms with Crippen molar-refractivity contribution < 1.29 is 40.6 Å². The maximum atomic E-state index is 13.4. The molecule has 0 aromatic heterocycles. The highest BCUT2D eigenvalue weighted by molar-refractivity contribution is 7.89. The maximum absolute atomic E-state index is 13.4. The number of ether oxygens (including phenoxy) is 1. The van der Waals surface area contributed by atoms with Gasteiger partial charge in [0, 0.05) is 31.8 Å². The molecule has 1 aromatic carbocycles. The van der Waals surface area contributed by atoms with Gasteiger partial charge in [-0.3, -0.25) is 4.90 Å². The minimum Gasteiger partial charge on any atom is -0.475 e. The Labute approximate surface area is 178 Å². The molecule has 0 saturated carbocycles. The third-order valence-electron chi connectivity index (χ3n) is 5.53. The summed E-state index contributed by atoms with van der Waals surface area (Å²) in [4.78, 5) is 11.2. The second kappa shape index (κ2) is 9.80. The monoisotopic (exact) mass is 470 g/mol. The lowest BCUT2D eigenvalue weighted by atomic mass is 9.77. The first-order valence-corrected chi connectivity index (χ1v) is 11.1. The Balaban J connectivity index is 0.000000423. The molecule has 31 heavy (non-hydrogen) atoms. The highest BCUT2D eigenvalue weighted by Gasteiger charge is 2.53. The van der Waals surface area contributed by atoms with E-state index in [4.69, 9.17) is 14.6 Å². The predicted molar refractivity (Wildman–Crippen MR) is 103 cm³/mol. The van der Waals surface area contributed by atoms with Crippen LogP contribution in [0.25, 0.3) is 0 Å². The van der Waals surface area contributed by atoms with Crippen LogP contribution < -0.4 is 0 Å². The lowest BCUT2D eigenvalue weighted by molar-refractivity contribution is -0.192. The van der Waals surface area contributed by atoms with Crippen LogP contribution in [0, 0.1) is 11.7 Å². The van der Waals surface area contributed by atoms with Crippen molar-refractivity contribution in [2.24, 2.45) is 5.92 Å². The summed E-state index contributed by atoms with van der Waals surface area (Å²) in [6, 6.07) is 5.22. The number of piperidine rings is 1.